The lowest BCUT2D eigenvalue weighted by Crippen LogP contribution is -2.60. The monoisotopic (exact) mass is 421 g/mol. The second kappa shape index (κ2) is 12.2. The molecule has 0 heterocycles. The molecular weight excluding hydrogens is 394 g/mol. The maximum atomic E-state index is 12.3. The lowest BCUT2D eigenvalue weighted by molar-refractivity contribution is -0.143. The van der Waals surface area contributed by atoms with Gasteiger partial charge in [-0.3, -0.25) is 19.2 Å². The van der Waals surface area contributed by atoms with Gasteiger partial charge in [-0.15, -0.1) is 0 Å². The van der Waals surface area contributed by atoms with E-state index in [1.54, 1.807) is 0 Å². The minimum Gasteiger partial charge on any atom is -0.480 e. The van der Waals surface area contributed by atoms with E-state index in [0.29, 0.717) is 0 Å². The molecule has 4 amide bonds. The van der Waals surface area contributed by atoms with Gasteiger partial charge in [0.1, 0.15) is 18.1 Å². The number of thiol groups is 1. The molecule has 0 aromatic rings. The Morgan fingerprint density at radius 3 is 1.89 bits per heavy atom. The summed E-state index contributed by atoms with van der Waals surface area (Å²) in [6.45, 7) is 2.62. The van der Waals surface area contributed by atoms with Crippen LogP contribution in [0, 0.1) is 0 Å². The van der Waals surface area contributed by atoms with Gasteiger partial charge in [-0.2, -0.15) is 12.6 Å². The maximum absolute atomic E-state index is 12.3. The molecule has 0 aromatic heterocycles. The van der Waals surface area contributed by atoms with Gasteiger partial charge in [0.15, 0.2) is 0 Å². The Morgan fingerprint density at radius 1 is 0.964 bits per heavy atom. The fourth-order valence-electron chi connectivity index (χ4n) is 1.96. The molecule has 0 spiro atoms. The van der Waals surface area contributed by atoms with Crippen molar-refractivity contribution in [2.75, 3.05) is 5.75 Å². The van der Waals surface area contributed by atoms with Gasteiger partial charge in [0.2, 0.25) is 23.6 Å². The molecule has 0 saturated heterocycles. The van der Waals surface area contributed by atoms with Gasteiger partial charge >= 0.3 is 5.97 Å². The first-order valence-corrected chi connectivity index (χ1v) is 9.00. The number of carboxylic acids is 1. The average molecular weight is 421 g/mol. The van der Waals surface area contributed by atoms with E-state index >= 15 is 0 Å². The zero-order valence-corrected chi connectivity index (χ0v) is 16.4. The third-order valence-corrected chi connectivity index (χ3v) is 3.95. The number of carboxylic acid groups (broad SMARTS) is 1. The molecule has 0 radical (unpaired) electrons. The van der Waals surface area contributed by atoms with Crippen molar-refractivity contribution >= 4 is 42.2 Å². The van der Waals surface area contributed by atoms with Crippen LogP contribution in [0.15, 0.2) is 0 Å². The Balaban J connectivity index is 5.14. The highest BCUT2D eigenvalue weighted by Crippen LogP contribution is 2.02. The number of nitrogens with two attached hydrogens (primary N) is 2. The molecular formula is C15H27N5O7S. The van der Waals surface area contributed by atoms with Crippen LogP contribution in [0.25, 0.3) is 0 Å². The fourth-order valence-corrected chi connectivity index (χ4v) is 2.22. The van der Waals surface area contributed by atoms with E-state index in [1.165, 1.54) is 13.8 Å². The summed E-state index contributed by atoms with van der Waals surface area (Å²) in [5.74, 6) is -4.71. The molecule has 0 rings (SSSR count). The summed E-state index contributed by atoms with van der Waals surface area (Å²) in [5.41, 5.74) is 10.4. The van der Waals surface area contributed by atoms with Crippen molar-refractivity contribution < 1.29 is 34.2 Å². The van der Waals surface area contributed by atoms with Crippen LogP contribution in [0.5, 0.6) is 0 Å². The Kier molecular flexibility index (Phi) is 11.1. The van der Waals surface area contributed by atoms with Crippen LogP contribution in [0.1, 0.15) is 26.7 Å². The molecule has 9 N–H and O–H groups in total. The lowest BCUT2D eigenvalue weighted by Gasteiger charge is -2.25. The molecule has 160 valence electrons. The molecule has 0 aliphatic carbocycles. The molecule has 28 heavy (non-hydrogen) atoms. The fraction of sp³-hybridized carbons (Fsp3) is 0.667. The molecule has 13 heteroatoms. The number of carbonyl (C=O) groups is 5. The number of aliphatic hydroxyl groups excluding tert-OH is 1. The van der Waals surface area contributed by atoms with Gasteiger partial charge in [-0.05, 0) is 20.3 Å². The number of hydrogen-bond donors (Lipinski definition) is 8. The second-order valence-electron chi connectivity index (χ2n) is 6.16. The summed E-state index contributed by atoms with van der Waals surface area (Å²) >= 11 is 3.95. The van der Waals surface area contributed by atoms with Crippen LogP contribution in [0.4, 0.5) is 0 Å². The van der Waals surface area contributed by atoms with E-state index in [4.69, 9.17) is 16.6 Å². The van der Waals surface area contributed by atoms with Crippen LogP contribution in [-0.4, -0.2) is 75.8 Å². The number of rotatable bonds is 12. The molecule has 5 unspecified atom stereocenters. The normalized spacial score (nSPS) is 16.0. The van der Waals surface area contributed by atoms with E-state index in [9.17, 15) is 29.1 Å². The van der Waals surface area contributed by atoms with E-state index < -0.39 is 59.9 Å². The van der Waals surface area contributed by atoms with Crippen molar-refractivity contribution in [1.82, 2.24) is 16.0 Å². The van der Waals surface area contributed by atoms with Crippen molar-refractivity contribution in [3.05, 3.63) is 0 Å². The number of primary amides is 1. The van der Waals surface area contributed by atoms with Crippen molar-refractivity contribution in [2.24, 2.45) is 11.5 Å². The highest BCUT2D eigenvalue weighted by molar-refractivity contribution is 7.80. The van der Waals surface area contributed by atoms with E-state index in [0.717, 1.165) is 0 Å². The highest BCUT2D eigenvalue weighted by atomic mass is 32.1. The quantitative estimate of drug-likeness (QED) is 0.147. The molecule has 12 nitrogen and oxygen atoms in total. The van der Waals surface area contributed by atoms with E-state index in [-0.39, 0.29) is 18.6 Å². The van der Waals surface area contributed by atoms with Gasteiger partial charge in [0, 0.05) is 12.2 Å². The third-order valence-electron chi connectivity index (χ3n) is 3.59. The number of amides is 4. The first-order chi connectivity index (χ1) is 12.9. The molecule has 0 saturated carbocycles. The third kappa shape index (κ3) is 9.01. The first kappa shape index (κ1) is 25.6. The van der Waals surface area contributed by atoms with Crippen molar-refractivity contribution in [2.45, 2.75) is 57.0 Å². The summed E-state index contributed by atoms with van der Waals surface area (Å²) in [7, 11) is 0. The van der Waals surface area contributed by atoms with Crippen LogP contribution in [-0.2, 0) is 24.0 Å². The predicted octanol–water partition coefficient (Wildman–Crippen LogP) is -3.55. The summed E-state index contributed by atoms with van der Waals surface area (Å²) < 4.78 is 0. The van der Waals surface area contributed by atoms with Crippen LogP contribution >= 0.6 is 12.6 Å². The predicted molar refractivity (Wildman–Crippen MR) is 101 cm³/mol. The van der Waals surface area contributed by atoms with E-state index in [1.807, 2.05) is 0 Å². The summed E-state index contributed by atoms with van der Waals surface area (Å²) in [5, 5.41) is 25.6. The van der Waals surface area contributed by atoms with Crippen LogP contribution < -0.4 is 27.4 Å². The molecule has 0 fully saturated rings. The average Bonchev–Trinajstić information content (AvgIpc) is 2.59. The van der Waals surface area contributed by atoms with Gasteiger partial charge in [0.25, 0.3) is 0 Å². The number of aliphatic carboxylic acids is 1. The van der Waals surface area contributed by atoms with Gasteiger partial charge in [-0.25, -0.2) is 4.79 Å². The van der Waals surface area contributed by atoms with Crippen LogP contribution in [0.2, 0.25) is 0 Å². The second-order valence-corrected chi connectivity index (χ2v) is 6.53. The SMILES string of the molecule is CC(N)C(=O)NC(CS)C(=O)NC(C(=O)NC(CCC(N)=O)C(=O)O)C(C)O. The van der Waals surface area contributed by atoms with Gasteiger partial charge in [0.05, 0.1) is 12.1 Å². The zero-order chi connectivity index (χ0) is 22.0. The molecule has 0 aromatic carbocycles. The Bertz CT molecular complexity index is 599. The smallest absolute Gasteiger partial charge is 0.326 e. The molecule has 0 bridgehead atoms. The minimum absolute atomic E-state index is 0.116. The summed E-state index contributed by atoms with van der Waals surface area (Å²) in [6.07, 6.45) is -1.94. The zero-order valence-electron chi connectivity index (χ0n) is 15.5. The molecule has 0 aliphatic rings. The van der Waals surface area contributed by atoms with Crippen molar-refractivity contribution in [3.63, 3.8) is 0 Å². The highest BCUT2D eigenvalue weighted by Gasteiger charge is 2.32. The number of aliphatic hydroxyl groups is 1. The standard InChI is InChI=1S/C15H27N5O7S/c1-6(16)12(23)19-9(5-28)13(24)20-11(7(2)21)14(25)18-8(15(26)27)3-4-10(17)22/h6-9,11,21,28H,3-5,16H2,1-2H3,(H2,17,22)(H,18,25)(H,19,23)(H,20,24)(H,26,27). The summed E-state index contributed by atoms with van der Waals surface area (Å²) in [6, 6.07) is -4.98. The number of hydrogen-bond acceptors (Lipinski definition) is 8. The topological polar surface area (TPSA) is 214 Å². The Morgan fingerprint density at radius 2 is 1.50 bits per heavy atom. The Hall–Kier alpha value is -2.38. The first-order valence-electron chi connectivity index (χ1n) is 8.37. The van der Waals surface area contributed by atoms with Gasteiger partial charge < -0.3 is 37.6 Å². The van der Waals surface area contributed by atoms with Gasteiger partial charge in [-0.1, -0.05) is 0 Å². The Labute approximate surface area is 167 Å². The maximum Gasteiger partial charge on any atom is 0.326 e. The molecule has 5 atom stereocenters. The van der Waals surface area contributed by atoms with Crippen LogP contribution in [0.3, 0.4) is 0 Å². The molecule has 0 aliphatic heterocycles. The lowest BCUT2D eigenvalue weighted by atomic mass is 10.1. The van der Waals surface area contributed by atoms with Crippen molar-refractivity contribution in [1.29, 1.82) is 0 Å². The van der Waals surface area contributed by atoms with Crippen molar-refractivity contribution in [3.8, 4) is 0 Å². The number of nitrogens with one attached hydrogen (secondary N) is 3. The largest absolute Gasteiger partial charge is 0.480 e. The minimum atomic E-state index is -1.52. The summed E-state index contributed by atoms with van der Waals surface area (Å²) in [4.78, 5) is 58.3. The van der Waals surface area contributed by atoms with E-state index in [2.05, 4.69) is 28.6 Å². The number of carbonyl (C=O) groups excluding carboxylic acids is 4.